The second kappa shape index (κ2) is 7.39. The lowest BCUT2D eigenvalue weighted by molar-refractivity contribution is 0.0491. The van der Waals surface area contributed by atoms with Crippen molar-refractivity contribution < 1.29 is 14.3 Å². The van der Waals surface area contributed by atoms with E-state index >= 15 is 0 Å². The van der Waals surface area contributed by atoms with Gasteiger partial charge >= 0.3 is 6.09 Å². The molecule has 2 aromatic heterocycles. The fourth-order valence-electron chi connectivity index (χ4n) is 3.60. The van der Waals surface area contributed by atoms with Crippen molar-refractivity contribution in [3.63, 3.8) is 0 Å². The summed E-state index contributed by atoms with van der Waals surface area (Å²) in [5, 5.41) is 6.89. The number of thiophene rings is 1. The van der Waals surface area contributed by atoms with Crippen molar-refractivity contribution >= 4 is 45.2 Å². The Hall–Kier alpha value is -2.51. The lowest BCUT2D eigenvalue weighted by Crippen LogP contribution is -2.45. The molecule has 0 bridgehead atoms. The maximum absolute atomic E-state index is 12.8. The second-order valence-electron chi connectivity index (χ2n) is 8.12. The molecule has 2 heterocycles. The standard InChI is InChI=1S/C21H22ClN3O3S/c1-21(2,3)28-20(27)25-17-13-7-5-4-6-11(13)8-14(17)23-18(26)15-9-12-10-16(22)29-19(12)24-15/h4-7,9-10,14,17,24H,8H2,1-3H3,(H,23,26)(H,25,27)/t14-,17-/m1/s1. The van der Waals surface area contributed by atoms with Gasteiger partial charge in [0.05, 0.1) is 16.4 Å². The average molecular weight is 432 g/mol. The Morgan fingerprint density at radius 3 is 2.69 bits per heavy atom. The van der Waals surface area contributed by atoms with E-state index < -0.39 is 11.7 Å². The van der Waals surface area contributed by atoms with Gasteiger partial charge in [0.25, 0.3) is 5.91 Å². The van der Waals surface area contributed by atoms with Crippen LogP contribution in [-0.2, 0) is 11.2 Å². The summed E-state index contributed by atoms with van der Waals surface area (Å²) in [5.74, 6) is -0.224. The van der Waals surface area contributed by atoms with Crippen molar-refractivity contribution in [2.75, 3.05) is 0 Å². The fraction of sp³-hybridized carbons (Fsp3) is 0.333. The van der Waals surface area contributed by atoms with Crippen LogP contribution in [0.25, 0.3) is 10.2 Å². The van der Waals surface area contributed by atoms with Crippen molar-refractivity contribution in [2.45, 2.75) is 44.9 Å². The maximum atomic E-state index is 12.8. The highest BCUT2D eigenvalue weighted by Gasteiger charge is 2.35. The Morgan fingerprint density at radius 1 is 1.21 bits per heavy atom. The number of H-pyrrole nitrogens is 1. The van der Waals surface area contributed by atoms with Crippen LogP contribution >= 0.6 is 22.9 Å². The highest BCUT2D eigenvalue weighted by Crippen LogP contribution is 2.33. The normalized spacial score (nSPS) is 18.5. The Morgan fingerprint density at radius 2 is 1.97 bits per heavy atom. The highest BCUT2D eigenvalue weighted by atomic mass is 35.5. The van der Waals surface area contributed by atoms with Gasteiger partial charge in [-0.05, 0) is 50.5 Å². The summed E-state index contributed by atoms with van der Waals surface area (Å²) in [4.78, 5) is 29.2. The van der Waals surface area contributed by atoms with Crippen LogP contribution in [0.3, 0.4) is 0 Å². The Kier molecular flexibility index (Phi) is 5.04. The van der Waals surface area contributed by atoms with Gasteiger partial charge in [0, 0.05) is 5.39 Å². The molecule has 2 amide bonds. The van der Waals surface area contributed by atoms with Crippen LogP contribution < -0.4 is 10.6 Å². The number of alkyl carbamates (subject to hydrolysis) is 1. The van der Waals surface area contributed by atoms with E-state index in [9.17, 15) is 9.59 Å². The number of hydrogen-bond acceptors (Lipinski definition) is 4. The molecule has 1 aromatic carbocycles. The van der Waals surface area contributed by atoms with E-state index in [0.29, 0.717) is 16.5 Å². The number of carbonyl (C=O) groups excluding carboxylic acids is 2. The molecule has 3 aromatic rings. The smallest absolute Gasteiger partial charge is 0.408 e. The van der Waals surface area contributed by atoms with Gasteiger partial charge in [0.2, 0.25) is 0 Å². The Labute approximate surface area is 177 Å². The van der Waals surface area contributed by atoms with Crippen molar-refractivity contribution in [3.05, 3.63) is 57.6 Å². The number of nitrogens with one attached hydrogen (secondary N) is 3. The lowest BCUT2D eigenvalue weighted by atomic mass is 10.1. The first-order valence-corrected chi connectivity index (χ1v) is 10.6. The minimum Gasteiger partial charge on any atom is -0.444 e. The van der Waals surface area contributed by atoms with Gasteiger partial charge in [0.15, 0.2) is 0 Å². The molecule has 0 saturated carbocycles. The molecule has 0 aliphatic heterocycles. The molecule has 4 rings (SSSR count). The zero-order valence-electron chi connectivity index (χ0n) is 16.3. The van der Waals surface area contributed by atoms with Gasteiger partial charge < -0.3 is 20.4 Å². The van der Waals surface area contributed by atoms with E-state index in [1.807, 2.05) is 51.1 Å². The summed E-state index contributed by atoms with van der Waals surface area (Å²) in [5.41, 5.74) is 1.95. The first-order valence-electron chi connectivity index (χ1n) is 9.36. The third-order valence-electron chi connectivity index (χ3n) is 4.74. The first-order chi connectivity index (χ1) is 13.7. The van der Waals surface area contributed by atoms with Gasteiger partial charge in [-0.25, -0.2) is 4.79 Å². The van der Waals surface area contributed by atoms with E-state index in [-0.39, 0.29) is 18.0 Å². The predicted octanol–water partition coefficient (Wildman–Crippen LogP) is 4.80. The third kappa shape index (κ3) is 4.26. The summed E-state index contributed by atoms with van der Waals surface area (Å²) in [7, 11) is 0. The number of aromatic amines is 1. The SMILES string of the molecule is CC(C)(C)OC(=O)N[C@@H]1c2ccccc2C[C@H]1NC(=O)c1cc2cc(Cl)sc2[nH]1. The molecule has 3 N–H and O–H groups in total. The minimum absolute atomic E-state index is 0.224. The van der Waals surface area contributed by atoms with Gasteiger partial charge in [-0.1, -0.05) is 35.9 Å². The summed E-state index contributed by atoms with van der Waals surface area (Å²) < 4.78 is 6.09. The molecular weight excluding hydrogens is 410 g/mol. The highest BCUT2D eigenvalue weighted by molar-refractivity contribution is 7.22. The van der Waals surface area contributed by atoms with Gasteiger partial charge in [-0.15, -0.1) is 11.3 Å². The molecular formula is C21H22ClN3O3S. The minimum atomic E-state index is -0.599. The molecule has 8 heteroatoms. The fourth-order valence-corrected chi connectivity index (χ4v) is 4.73. The van der Waals surface area contributed by atoms with Crippen molar-refractivity contribution in [1.29, 1.82) is 0 Å². The number of halogens is 1. The molecule has 0 spiro atoms. The average Bonchev–Trinajstić information content (AvgIpc) is 3.25. The molecule has 1 aliphatic carbocycles. The lowest BCUT2D eigenvalue weighted by Gasteiger charge is -2.25. The number of ether oxygens (including phenoxy) is 1. The number of amides is 2. The van der Waals surface area contributed by atoms with Crippen LogP contribution in [0.5, 0.6) is 0 Å². The van der Waals surface area contributed by atoms with Crippen molar-refractivity contribution in [3.8, 4) is 0 Å². The van der Waals surface area contributed by atoms with Crippen molar-refractivity contribution in [1.82, 2.24) is 15.6 Å². The van der Waals surface area contributed by atoms with E-state index in [1.54, 1.807) is 6.07 Å². The molecule has 2 atom stereocenters. The largest absolute Gasteiger partial charge is 0.444 e. The molecule has 0 radical (unpaired) electrons. The number of fused-ring (bicyclic) bond motifs is 2. The number of benzene rings is 1. The zero-order chi connectivity index (χ0) is 20.8. The molecule has 0 saturated heterocycles. The van der Waals surface area contributed by atoms with Gasteiger partial charge in [0.1, 0.15) is 16.1 Å². The van der Waals surface area contributed by atoms with Crippen LogP contribution in [0.1, 0.15) is 48.4 Å². The first kappa shape index (κ1) is 19.8. The van der Waals surface area contributed by atoms with Crippen LogP contribution in [-0.4, -0.2) is 28.6 Å². The Balaban J connectivity index is 1.53. The molecule has 152 valence electrons. The predicted molar refractivity (Wildman–Crippen MR) is 115 cm³/mol. The number of hydrogen-bond donors (Lipinski definition) is 3. The number of carbonyl (C=O) groups is 2. The number of aromatic nitrogens is 1. The molecule has 29 heavy (non-hydrogen) atoms. The van der Waals surface area contributed by atoms with Crippen LogP contribution in [0.4, 0.5) is 4.79 Å². The van der Waals surface area contributed by atoms with Gasteiger partial charge in [-0.3, -0.25) is 4.79 Å². The molecule has 1 aliphatic rings. The zero-order valence-corrected chi connectivity index (χ0v) is 17.9. The maximum Gasteiger partial charge on any atom is 0.408 e. The molecule has 0 unspecified atom stereocenters. The summed E-state index contributed by atoms with van der Waals surface area (Å²) in [6, 6.07) is 10.8. The third-order valence-corrected chi connectivity index (χ3v) is 5.94. The van der Waals surface area contributed by atoms with Crippen LogP contribution in [0.2, 0.25) is 4.34 Å². The van der Waals surface area contributed by atoms with Crippen molar-refractivity contribution in [2.24, 2.45) is 0 Å². The topological polar surface area (TPSA) is 83.2 Å². The van der Waals surface area contributed by atoms with E-state index in [1.165, 1.54) is 11.3 Å². The van der Waals surface area contributed by atoms with E-state index in [0.717, 1.165) is 21.3 Å². The van der Waals surface area contributed by atoms with Crippen LogP contribution in [0, 0.1) is 0 Å². The monoisotopic (exact) mass is 431 g/mol. The summed E-state index contributed by atoms with van der Waals surface area (Å²) in [6.07, 6.45) is 0.122. The van der Waals surface area contributed by atoms with Crippen LogP contribution in [0.15, 0.2) is 36.4 Å². The Bertz CT molecular complexity index is 1050. The van der Waals surface area contributed by atoms with E-state index in [4.69, 9.17) is 16.3 Å². The number of rotatable bonds is 3. The second-order valence-corrected chi connectivity index (χ2v) is 9.81. The summed E-state index contributed by atoms with van der Waals surface area (Å²) >= 11 is 7.40. The molecule has 0 fully saturated rings. The van der Waals surface area contributed by atoms with E-state index in [2.05, 4.69) is 15.6 Å². The summed E-state index contributed by atoms with van der Waals surface area (Å²) in [6.45, 7) is 5.45. The quantitative estimate of drug-likeness (QED) is 0.556. The van der Waals surface area contributed by atoms with Gasteiger partial charge in [-0.2, -0.15) is 0 Å². The molecule has 6 nitrogen and oxygen atoms in total.